The van der Waals surface area contributed by atoms with Crippen LogP contribution in [0.5, 0.6) is 5.75 Å². The van der Waals surface area contributed by atoms with Crippen molar-refractivity contribution in [2.75, 3.05) is 50.5 Å². The molecule has 2 heterocycles. The van der Waals surface area contributed by atoms with E-state index in [4.69, 9.17) is 26.8 Å². The fourth-order valence-electron chi connectivity index (χ4n) is 3.25. The van der Waals surface area contributed by atoms with Crippen LogP contribution in [0, 0.1) is 11.8 Å². The highest BCUT2D eigenvalue weighted by molar-refractivity contribution is 6.01. The molecule has 1 fully saturated rings. The highest BCUT2D eigenvalue weighted by Gasteiger charge is 2.25. The number of nitrogens with two attached hydrogens (primary N) is 3. The number of hydrogen-bond donors (Lipinski definition) is 4. The van der Waals surface area contributed by atoms with Gasteiger partial charge in [0.1, 0.15) is 29.7 Å². The van der Waals surface area contributed by atoms with E-state index in [0.29, 0.717) is 36.9 Å². The van der Waals surface area contributed by atoms with Crippen molar-refractivity contribution in [1.29, 1.82) is 0 Å². The highest BCUT2D eigenvalue weighted by Crippen LogP contribution is 2.38. The predicted molar refractivity (Wildman–Crippen MR) is 133 cm³/mol. The van der Waals surface area contributed by atoms with Crippen molar-refractivity contribution in [1.82, 2.24) is 9.88 Å². The van der Waals surface area contributed by atoms with Crippen molar-refractivity contribution in [3.63, 3.8) is 0 Å². The zero-order chi connectivity index (χ0) is 25.5. The maximum atomic E-state index is 10.0. The average Bonchev–Trinajstić information content (AvgIpc) is 2.77. The number of oxime groups is 1. The molecule has 1 aliphatic rings. The number of morpholine rings is 1. The largest absolute Gasteiger partial charge is 0.487 e. The van der Waals surface area contributed by atoms with Gasteiger partial charge in [0.05, 0.1) is 18.5 Å². The number of nitrogen functional groups attached to an aromatic ring is 1. The number of likely N-dealkylation sites (N-methyl/N-ethyl adjacent to an activating group) is 2. The van der Waals surface area contributed by atoms with Crippen molar-refractivity contribution >= 4 is 17.2 Å². The molecule has 1 aromatic heterocycles. The monoisotopic (exact) mass is 473 g/mol. The van der Waals surface area contributed by atoms with E-state index in [-0.39, 0.29) is 28.9 Å². The van der Waals surface area contributed by atoms with E-state index >= 15 is 0 Å². The number of aromatic nitrogens is 1. The third-order valence-electron chi connectivity index (χ3n) is 5.03. The molecule has 0 amide bonds. The summed E-state index contributed by atoms with van der Waals surface area (Å²) in [6, 6.07) is 0. The first kappa shape index (κ1) is 26.9. The van der Waals surface area contributed by atoms with E-state index in [1.54, 1.807) is 18.7 Å². The maximum Gasteiger partial charge on any atom is 0.174 e. The lowest BCUT2D eigenvalue weighted by Gasteiger charge is -2.32. The van der Waals surface area contributed by atoms with E-state index in [9.17, 15) is 5.11 Å². The van der Waals surface area contributed by atoms with Gasteiger partial charge in [-0.2, -0.15) is 0 Å². The van der Waals surface area contributed by atoms with Gasteiger partial charge in [-0.1, -0.05) is 19.1 Å². The number of pyridine rings is 1. The average molecular weight is 474 g/mol. The van der Waals surface area contributed by atoms with Crippen molar-refractivity contribution in [2.24, 2.45) is 16.8 Å². The minimum absolute atomic E-state index is 0.0401. The van der Waals surface area contributed by atoms with Gasteiger partial charge in [0.25, 0.3) is 0 Å². The molecular formula is C23H35N7O4. The van der Waals surface area contributed by atoms with Crippen LogP contribution in [0.4, 0.5) is 11.4 Å². The minimum atomic E-state index is -1.22. The predicted octanol–water partition coefficient (Wildman–Crippen LogP) is 0.554. The van der Waals surface area contributed by atoms with E-state index < -0.39 is 5.60 Å². The number of nitrogens with zero attached hydrogens (tertiary/aromatic N) is 4. The molecule has 2 rings (SSSR count). The van der Waals surface area contributed by atoms with Crippen molar-refractivity contribution < 1.29 is 19.5 Å². The summed E-state index contributed by atoms with van der Waals surface area (Å²) in [4.78, 5) is 12.6. The van der Waals surface area contributed by atoms with Gasteiger partial charge in [-0.05, 0) is 38.9 Å². The van der Waals surface area contributed by atoms with Gasteiger partial charge in [0.15, 0.2) is 11.6 Å². The smallest absolute Gasteiger partial charge is 0.174 e. The molecule has 1 aromatic rings. The minimum Gasteiger partial charge on any atom is -0.487 e. The van der Waals surface area contributed by atoms with Crippen LogP contribution in [-0.4, -0.2) is 72.4 Å². The number of hydrogen-bond acceptors (Lipinski definition) is 10. The second kappa shape index (κ2) is 11.7. The van der Waals surface area contributed by atoms with E-state index in [2.05, 4.69) is 45.0 Å². The van der Waals surface area contributed by atoms with Gasteiger partial charge in [-0.25, -0.2) is 4.98 Å². The van der Waals surface area contributed by atoms with Crippen LogP contribution >= 0.6 is 0 Å². The van der Waals surface area contributed by atoms with Crippen LogP contribution in [0.2, 0.25) is 0 Å². The summed E-state index contributed by atoms with van der Waals surface area (Å²) in [5, 5.41) is 13.5. The zero-order valence-corrected chi connectivity index (χ0v) is 20.3. The topological polar surface area (TPSA) is 158 Å². The summed E-state index contributed by atoms with van der Waals surface area (Å²) in [6.45, 7) is 16.0. The molecule has 0 bridgehead atoms. The quantitative estimate of drug-likeness (QED) is 0.131. The Balaban J connectivity index is 2.49. The number of amidine groups is 1. The van der Waals surface area contributed by atoms with Gasteiger partial charge in [0.2, 0.25) is 0 Å². The Bertz CT molecular complexity index is 992. The SMILES string of the molecule is C=C(C(=C)N(CC)c1c(OC[C@@H]2CN(C)CCO2)cnc(C#CC(C)(C)O)c1N)/C(N)=N\ON. The Morgan fingerprint density at radius 1 is 1.47 bits per heavy atom. The van der Waals surface area contributed by atoms with Crippen LogP contribution in [0.1, 0.15) is 26.5 Å². The van der Waals surface area contributed by atoms with E-state index in [0.717, 1.165) is 13.1 Å². The first-order chi connectivity index (χ1) is 16.0. The Kier molecular flexibility index (Phi) is 9.28. The third kappa shape index (κ3) is 7.10. The molecule has 0 spiro atoms. The van der Waals surface area contributed by atoms with Crippen molar-refractivity contribution in [3.05, 3.63) is 36.3 Å². The molecule has 11 heteroatoms. The second-order valence-electron chi connectivity index (χ2n) is 8.36. The van der Waals surface area contributed by atoms with Crippen molar-refractivity contribution in [3.8, 4) is 17.6 Å². The fourth-order valence-corrected chi connectivity index (χ4v) is 3.25. The molecule has 0 saturated carbocycles. The van der Waals surface area contributed by atoms with Crippen LogP contribution in [-0.2, 0) is 9.68 Å². The summed E-state index contributed by atoms with van der Waals surface area (Å²) in [6.07, 6.45) is 1.42. The maximum absolute atomic E-state index is 10.0. The molecule has 34 heavy (non-hydrogen) atoms. The first-order valence-corrected chi connectivity index (χ1v) is 10.8. The number of ether oxygens (including phenoxy) is 2. The Labute approximate surface area is 200 Å². The third-order valence-corrected chi connectivity index (χ3v) is 5.03. The summed E-state index contributed by atoms with van der Waals surface area (Å²) >= 11 is 0. The molecule has 0 aliphatic carbocycles. The van der Waals surface area contributed by atoms with Crippen molar-refractivity contribution in [2.45, 2.75) is 32.5 Å². The molecule has 1 saturated heterocycles. The van der Waals surface area contributed by atoms with Crippen LogP contribution < -0.4 is 27.0 Å². The number of anilines is 2. The number of rotatable bonds is 9. The van der Waals surface area contributed by atoms with Crippen LogP contribution in [0.25, 0.3) is 0 Å². The molecule has 7 N–H and O–H groups in total. The second-order valence-corrected chi connectivity index (χ2v) is 8.36. The summed E-state index contributed by atoms with van der Waals surface area (Å²) in [7, 11) is 2.03. The normalized spacial score (nSPS) is 16.9. The molecule has 1 aliphatic heterocycles. The summed E-state index contributed by atoms with van der Waals surface area (Å²) in [5.74, 6) is 10.9. The molecule has 11 nitrogen and oxygen atoms in total. The molecule has 1 atom stereocenters. The lowest BCUT2D eigenvalue weighted by Crippen LogP contribution is -2.42. The first-order valence-electron chi connectivity index (χ1n) is 10.8. The van der Waals surface area contributed by atoms with E-state index in [1.807, 2.05) is 14.0 Å². The Morgan fingerprint density at radius 3 is 2.76 bits per heavy atom. The lowest BCUT2D eigenvalue weighted by atomic mass is 10.1. The molecule has 0 unspecified atom stereocenters. The van der Waals surface area contributed by atoms with Gasteiger partial charge in [0, 0.05) is 30.9 Å². The van der Waals surface area contributed by atoms with Crippen LogP contribution in [0.15, 0.2) is 35.8 Å². The molecular weight excluding hydrogens is 438 g/mol. The molecule has 186 valence electrons. The zero-order valence-electron chi connectivity index (χ0n) is 20.3. The fraction of sp³-hybridized carbons (Fsp3) is 0.478. The summed E-state index contributed by atoms with van der Waals surface area (Å²) < 4.78 is 11.9. The van der Waals surface area contributed by atoms with Gasteiger partial charge < -0.3 is 40.8 Å². The summed E-state index contributed by atoms with van der Waals surface area (Å²) in [5.41, 5.74) is 12.9. The van der Waals surface area contributed by atoms with E-state index in [1.165, 1.54) is 6.20 Å². The number of aliphatic hydroxyl groups is 1. The molecule has 0 aromatic carbocycles. The van der Waals surface area contributed by atoms with Gasteiger partial charge in [-0.3, -0.25) is 0 Å². The molecule has 0 radical (unpaired) electrons. The Hall–Kier alpha value is -3.30. The van der Waals surface area contributed by atoms with Crippen LogP contribution in [0.3, 0.4) is 0 Å². The van der Waals surface area contributed by atoms with Gasteiger partial charge >= 0.3 is 0 Å². The lowest BCUT2D eigenvalue weighted by molar-refractivity contribution is -0.0403. The van der Waals surface area contributed by atoms with Gasteiger partial charge in [-0.15, -0.1) is 5.90 Å². The highest BCUT2D eigenvalue weighted by atomic mass is 16.7. The Morgan fingerprint density at radius 2 is 2.18 bits per heavy atom. The standard InChI is InChI=1S/C23H35N7O4/c1-7-30(16(3)15(2)22(25)28-34-26)21-19(33-14-17-13-29(6)10-11-32-17)12-27-18(20(21)24)8-9-23(4,5)31/h12,17,31H,2-3,7,10-11,13-14,24,26H2,1,4-6H3,(H2,25,28)/t17-/m0/s1.